The minimum Gasteiger partial charge on any atom is -0.385 e. The van der Waals surface area contributed by atoms with Gasteiger partial charge in [-0.2, -0.15) is 5.10 Å². The van der Waals surface area contributed by atoms with Crippen molar-refractivity contribution in [3.8, 4) is 0 Å². The summed E-state index contributed by atoms with van der Waals surface area (Å²) in [6, 6.07) is 2.66. The van der Waals surface area contributed by atoms with Crippen LogP contribution >= 0.6 is 0 Å². The van der Waals surface area contributed by atoms with Gasteiger partial charge in [-0.15, -0.1) is 0 Å². The molecule has 1 fully saturated rings. The van der Waals surface area contributed by atoms with Gasteiger partial charge >= 0.3 is 0 Å². The molecule has 0 bridgehead atoms. The van der Waals surface area contributed by atoms with E-state index in [0.29, 0.717) is 12.5 Å². The molecule has 3 rings (SSSR count). The Morgan fingerprint density at radius 2 is 2.11 bits per heavy atom. The maximum atomic E-state index is 10.5. The SMILES string of the molecule is OC1(Cc2ccn(C3CCCCC3)n2)C=CCCC1. The highest BCUT2D eigenvalue weighted by Gasteiger charge is 2.27. The quantitative estimate of drug-likeness (QED) is 0.846. The minimum atomic E-state index is -0.663. The highest BCUT2D eigenvalue weighted by Crippen LogP contribution is 2.29. The molecule has 2 aliphatic carbocycles. The number of nitrogens with zero attached hydrogens (tertiary/aromatic N) is 2. The van der Waals surface area contributed by atoms with Gasteiger partial charge < -0.3 is 5.11 Å². The Kier molecular flexibility index (Phi) is 3.74. The summed E-state index contributed by atoms with van der Waals surface area (Å²) in [5, 5.41) is 15.2. The number of hydrogen-bond acceptors (Lipinski definition) is 2. The number of rotatable bonds is 3. The molecular weight excluding hydrogens is 236 g/mol. The fourth-order valence-corrected chi connectivity index (χ4v) is 3.39. The van der Waals surface area contributed by atoms with Crippen molar-refractivity contribution >= 4 is 0 Å². The van der Waals surface area contributed by atoms with Gasteiger partial charge in [-0.25, -0.2) is 0 Å². The summed E-state index contributed by atoms with van der Waals surface area (Å²) in [5.74, 6) is 0. The van der Waals surface area contributed by atoms with E-state index in [2.05, 4.69) is 23.0 Å². The first-order chi connectivity index (χ1) is 9.25. The van der Waals surface area contributed by atoms with Crippen LogP contribution in [0.15, 0.2) is 24.4 Å². The normalized spacial score (nSPS) is 28.7. The molecule has 1 unspecified atom stereocenters. The monoisotopic (exact) mass is 260 g/mol. The van der Waals surface area contributed by atoms with E-state index in [-0.39, 0.29) is 0 Å². The van der Waals surface area contributed by atoms with Crippen LogP contribution < -0.4 is 0 Å². The van der Waals surface area contributed by atoms with Crippen LogP contribution in [0.4, 0.5) is 0 Å². The lowest BCUT2D eigenvalue weighted by molar-refractivity contribution is 0.0738. The van der Waals surface area contributed by atoms with E-state index in [9.17, 15) is 5.11 Å². The maximum Gasteiger partial charge on any atom is 0.0883 e. The lowest BCUT2D eigenvalue weighted by Crippen LogP contribution is -2.30. The molecule has 0 spiro atoms. The Morgan fingerprint density at radius 1 is 1.26 bits per heavy atom. The van der Waals surface area contributed by atoms with Gasteiger partial charge in [0.25, 0.3) is 0 Å². The van der Waals surface area contributed by atoms with Crippen molar-refractivity contribution in [2.45, 2.75) is 69.4 Å². The molecule has 1 aromatic heterocycles. The predicted octanol–water partition coefficient (Wildman–Crippen LogP) is 3.40. The highest BCUT2D eigenvalue weighted by molar-refractivity contribution is 5.13. The molecule has 19 heavy (non-hydrogen) atoms. The van der Waals surface area contributed by atoms with Crippen LogP contribution in [-0.2, 0) is 6.42 Å². The first-order valence-electron chi connectivity index (χ1n) is 7.69. The number of aromatic nitrogens is 2. The Labute approximate surface area is 115 Å². The fraction of sp³-hybridized carbons (Fsp3) is 0.688. The van der Waals surface area contributed by atoms with Crippen molar-refractivity contribution in [1.82, 2.24) is 9.78 Å². The van der Waals surface area contributed by atoms with E-state index >= 15 is 0 Å². The highest BCUT2D eigenvalue weighted by atomic mass is 16.3. The molecule has 3 nitrogen and oxygen atoms in total. The molecule has 0 saturated heterocycles. The number of hydrogen-bond donors (Lipinski definition) is 1. The van der Waals surface area contributed by atoms with Gasteiger partial charge in [0.2, 0.25) is 0 Å². The molecule has 0 radical (unpaired) electrons. The van der Waals surface area contributed by atoms with Crippen LogP contribution in [0.25, 0.3) is 0 Å². The summed E-state index contributed by atoms with van der Waals surface area (Å²) in [7, 11) is 0. The van der Waals surface area contributed by atoms with Crippen molar-refractivity contribution < 1.29 is 5.11 Å². The molecule has 0 aromatic carbocycles. The third-order valence-electron chi connectivity index (χ3n) is 4.51. The zero-order valence-electron chi connectivity index (χ0n) is 11.6. The Balaban J connectivity index is 1.67. The second kappa shape index (κ2) is 5.49. The van der Waals surface area contributed by atoms with Crippen LogP contribution in [0.2, 0.25) is 0 Å². The van der Waals surface area contributed by atoms with Gasteiger partial charge in [-0.05, 0) is 38.2 Å². The molecule has 0 aliphatic heterocycles. The Bertz CT molecular complexity index is 445. The molecule has 0 amide bonds. The molecular formula is C16H24N2O. The van der Waals surface area contributed by atoms with E-state index in [1.165, 1.54) is 32.1 Å². The third-order valence-corrected chi connectivity index (χ3v) is 4.51. The molecule has 2 aliphatic rings. The van der Waals surface area contributed by atoms with Crippen molar-refractivity contribution in [3.05, 3.63) is 30.1 Å². The Hall–Kier alpha value is -1.09. The lowest BCUT2D eigenvalue weighted by Gasteiger charge is -2.26. The number of aliphatic hydroxyl groups is 1. The van der Waals surface area contributed by atoms with Crippen LogP contribution in [0.1, 0.15) is 63.1 Å². The van der Waals surface area contributed by atoms with Gasteiger partial charge in [0.1, 0.15) is 0 Å². The van der Waals surface area contributed by atoms with E-state index in [0.717, 1.165) is 25.0 Å². The van der Waals surface area contributed by atoms with Gasteiger partial charge in [0.05, 0.1) is 17.3 Å². The lowest BCUT2D eigenvalue weighted by atomic mass is 9.87. The summed E-state index contributed by atoms with van der Waals surface area (Å²) in [5.41, 5.74) is 0.365. The predicted molar refractivity (Wildman–Crippen MR) is 76.0 cm³/mol. The van der Waals surface area contributed by atoms with E-state index in [1.807, 2.05) is 6.08 Å². The van der Waals surface area contributed by atoms with Crippen molar-refractivity contribution in [2.24, 2.45) is 0 Å². The maximum absolute atomic E-state index is 10.5. The second-order valence-electron chi connectivity index (χ2n) is 6.15. The van der Waals surface area contributed by atoms with Crippen LogP contribution in [0, 0.1) is 0 Å². The van der Waals surface area contributed by atoms with Crippen molar-refractivity contribution in [1.29, 1.82) is 0 Å². The van der Waals surface area contributed by atoms with Crippen LogP contribution in [0.3, 0.4) is 0 Å². The molecule has 104 valence electrons. The smallest absolute Gasteiger partial charge is 0.0883 e. The van der Waals surface area contributed by atoms with Crippen molar-refractivity contribution in [2.75, 3.05) is 0 Å². The van der Waals surface area contributed by atoms with Gasteiger partial charge in [0.15, 0.2) is 0 Å². The van der Waals surface area contributed by atoms with Crippen molar-refractivity contribution in [3.63, 3.8) is 0 Å². The summed E-state index contributed by atoms with van der Waals surface area (Å²) >= 11 is 0. The van der Waals surface area contributed by atoms with Gasteiger partial charge in [-0.3, -0.25) is 4.68 Å². The van der Waals surface area contributed by atoms with E-state index in [4.69, 9.17) is 5.10 Å². The van der Waals surface area contributed by atoms with Gasteiger partial charge in [-0.1, -0.05) is 31.4 Å². The van der Waals surface area contributed by atoms with Crippen LogP contribution in [0.5, 0.6) is 0 Å². The molecule has 1 atom stereocenters. The molecule has 1 N–H and O–H groups in total. The first-order valence-corrected chi connectivity index (χ1v) is 7.69. The van der Waals surface area contributed by atoms with Crippen LogP contribution in [-0.4, -0.2) is 20.5 Å². The Morgan fingerprint density at radius 3 is 2.84 bits per heavy atom. The summed E-state index contributed by atoms with van der Waals surface area (Å²) in [4.78, 5) is 0. The second-order valence-corrected chi connectivity index (χ2v) is 6.15. The zero-order chi connectivity index (χ0) is 13.1. The first kappa shape index (κ1) is 12.9. The fourth-order valence-electron chi connectivity index (χ4n) is 3.39. The zero-order valence-corrected chi connectivity index (χ0v) is 11.6. The third kappa shape index (κ3) is 3.08. The van der Waals surface area contributed by atoms with E-state index < -0.39 is 5.60 Å². The molecule has 1 saturated carbocycles. The average Bonchev–Trinajstić information content (AvgIpc) is 2.88. The largest absolute Gasteiger partial charge is 0.385 e. The standard InChI is InChI=1S/C16H24N2O/c19-16(10-5-2-6-11-16)13-14-9-12-18(17-14)15-7-3-1-4-8-15/h5,9-10,12,15,19H,1-4,6-8,11,13H2. The summed E-state index contributed by atoms with van der Waals surface area (Å²) in [6.45, 7) is 0. The average molecular weight is 260 g/mol. The summed E-state index contributed by atoms with van der Waals surface area (Å²) in [6.07, 6.45) is 16.4. The van der Waals surface area contributed by atoms with Gasteiger partial charge in [0, 0.05) is 12.6 Å². The molecule has 1 heterocycles. The number of allylic oxidation sites excluding steroid dienone is 1. The van der Waals surface area contributed by atoms with E-state index in [1.54, 1.807) is 0 Å². The summed E-state index contributed by atoms with van der Waals surface area (Å²) < 4.78 is 2.13. The minimum absolute atomic E-state index is 0.582. The molecule has 3 heteroatoms. The molecule has 1 aromatic rings. The topological polar surface area (TPSA) is 38.0 Å².